The Morgan fingerprint density at radius 2 is 1.78 bits per heavy atom. The fraction of sp³-hybridized carbons (Fsp3) is 0.655. The van der Waals surface area contributed by atoms with Crippen LogP contribution in [0.3, 0.4) is 0 Å². The van der Waals surface area contributed by atoms with Crippen molar-refractivity contribution in [2.45, 2.75) is 76.0 Å². The lowest BCUT2D eigenvalue weighted by molar-refractivity contribution is -0.144. The number of amides is 2. The molecule has 2 amide bonds. The molecular formula is C29H38N2O5. The van der Waals surface area contributed by atoms with Crippen LogP contribution in [0.4, 0.5) is 0 Å². The van der Waals surface area contributed by atoms with E-state index < -0.39 is 24.2 Å². The van der Waals surface area contributed by atoms with Gasteiger partial charge in [0, 0.05) is 30.6 Å². The Kier molecular flexibility index (Phi) is 6.11. The number of rotatable bonds is 7. The molecule has 1 aliphatic heterocycles. The summed E-state index contributed by atoms with van der Waals surface area (Å²) in [5, 5.41) is 23.8. The van der Waals surface area contributed by atoms with Crippen molar-refractivity contribution >= 4 is 11.8 Å². The van der Waals surface area contributed by atoms with E-state index in [1.165, 1.54) is 19.3 Å². The van der Waals surface area contributed by atoms with Gasteiger partial charge in [-0.05, 0) is 73.8 Å². The van der Waals surface area contributed by atoms with Gasteiger partial charge in [-0.15, -0.1) is 0 Å². The average Bonchev–Trinajstić information content (AvgIpc) is 3.25. The highest BCUT2D eigenvalue weighted by atomic mass is 16.5. The number of fused-ring (bicyclic) bond motifs is 3. The first-order valence-electron chi connectivity index (χ1n) is 13.7. The number of nitrogens with one attached hydrogen (secondary N) is 1. The van der Waals surface area contributed by atoms with Crippen molar-refractivity contribution < 1.29 is 24.5 Å². The molecule has 1 aromatic carbocycles. The molecule has 7 rings (SSSR count). The summed E-state index contributed by atoms with van der Waals surface area (Å²) in [5.74, 6) is 2.27. The van der Waals surface area contributed by atoms with Crippen molar-refractivity contribution in [3.8, 4) is 5.75 Å². The van der Waals surface area contributed by atoms with Crippen LogP contribution in [0.2, 0.25) is 0 Å². The van der Waals surface area contributed by atoms with Gasteiger partial charge in [0.05, 0.1) is 18.6 Å². The van der Waals surface area contributed by atoms with Crippen LogP contribution in [0, 0.1) is 23.2 Å². The Morgan fingerprint density at radius 1 is 1.11 bits per heavy atom. The summed E-state index contributed by atoms with van der Waals surface area (Å²) in [4.78, 5) is 28.6. The first-order chi connectivity index (χ1) is 17.4. The van der Waals surface area contributed by atoms with E-state index in [1.54, 1.807) is 0 Å². The second-order valence-corrected chi connectivity index (χ2v) is 12.0. The summed E-state index contributed by atoms with van der Waals surface area (Å²) >= 11 is 0. The van der Waals surface area contributed by atoms with Crippen molar-refractivity contribution in [1.82, 2.24) is 10.2 Å². The minimum Gasteiger partial charge on any atom is -0.486 e. The Labute approximate surface area is 212 Å². The molecule has 194 valence electrons. The molecule has 4 fully saturated rings. The van der Waals surface area contributed by atoms with Crippen LogP contribution in [0.5, 0.6) is 5.75 Å². The maximum atomic E-state index is 13.5. The van der Waals surface area contributed by atoms with Gasteiger partial charge in [-0.1, -0.05) is 25.1 Å². The molecule has 4 bridgehead atoms. The minimum absolute atomic E-state index is 0.00937. The molecule has 1 heterocycles. The van der Waals surface area contributed by atoms with Gasteiger partial charge in [0.1, 0.15) is 18.0 Å². The van der Waals surface area contributed by atoms with Gasteiger partial charge >= 0.3 is 0 Å². The van der Waals surface area contributed by atoms with E-state index in [1.807, 2.05) is 42.2 Å². The number of hydrogen-bond donors (Lipinski definition) is 3. The van der Waals surface area contributed by atoms with Crippen molar-refractivity contribution in [3.63, 3.8) is 0 Å². The maximum Gasteiger partial charge on any atom is 0.247 e. The van der Waals surface area contributed by atoms with Crippen LogP contribution in [-0.4, -0.2) is 64.9 Å². The molecule has 5 aliphatic carbocycles. The van der Waals surface area contributed by atoms with Crippen molar-refractivity contribution in [3.05, 3.63) is 41.5 Å². The van der Waals surface area contributed by atoms with Gasteiger partial charge in [-0.3, -0.25) is 9.59 Å². The largest absolute Gasteiger partial charge is 0.486 e. The first kappa shape index (κ1) is 24.0. The van der Waals surface area contributed by atoms with E-state index in [2.05, 4.69) is 5.32 Å². The Morgan fingerprint density at radius 3 is 2.42 bits per heavy atom. The van der Waals surface area contributed by atoms with Gasteiger partial charge in [0.15, 0.2) is 0 Å². The zero-order chi connectivity index (χ0) is 25.0. The zero-order valence-corrected chi connectivity index (χ0v) is 21.1. The lowest BCUT2D eigenvalue weighted by atomic mass is 9.49. The van der Waals surface area contributed by atoms with Gasteiger partial charge in [0.2, 0.25) is 11.8 Å². The summed E-state index contributed by atoms with van der Waals surface area (Å²) in [6, 6.07) is 6.96. The lowest BCUT2D eigenvalue weighted by Gasteiger charge is -2.58. The third-order valence-corrected chi connectivity index (χ3v) is 9.53. The molecular weight excluding hydrogens is 456 g/mol. The molecule has 0 radical (unpaired) electrons. The molecule has 0 unspecified atom stereocenters. The molecule has 3 N–H and O–H groups in total. The number of nitrogens with zero attached hydrogens (tertiary/aromatic N) is 1. The number of aliphatic hydroxyl groups is 2. The molecule has 0 saturated heterocycles. The molecule has 36 heavy (non-hydrogen) atoms. The summed E-state index contributed by atoms with van der Waals surface area (Å²) in [5.41, 5.74) is 1.50. The minimum atomic E-state index is -0.943. The van der Waals surface area contributed by atoms with E-state index >= 15 is 0 Å². The quantitative estimate of drug-likeness (QED) is 0.541. The molecule has 1 aromatic rings. The van der Waals surface area contributed by atoms with E-state index in [9.17, 15) is 19.8 Å². The molecule has 4 atom stereocenters. The smallest absolute Gasteiger partial charge is 0.247 e. The Hall–Kier alpha value is -2.38. The van der Waals surface area contributed by atoms with Crippen LogP contribution in [0.25, 0.3) is 0 Å². The van der Waals surface area contributed by atoms with Gasteiger partial charge in [0.25, 0.3) is 0 Å². The molecule has 6 aliphatic rings. The molecule has 4 saturated carbocycles. The topological polar surface area (TPSA) is 99.1 Å². The fourth-order valence-electron chi connectivity index (χ4n) is 8.60. The Bertz CT molecular complexity index is 1030. The van der Waals surface area contributed by atoms with Crippen LogP contribution in [0.15, 0.2) is 35.9 Å². The van der Waals surface area contributed by atoms with E-state index in [4.69, 9.17) is 4.74 Å². The monoisotopic (exact) mass is 494 g/mol. The van der Waals surface area contributed by atoms with Crippen molar-refractivity contribution in [1.29, 1.82) is 0 Å². The number of hydrogen-bond acceptors (Lipinski definition) is 5. The predicted octanol–water partition coefficient (Wildman–Crippen LogP) is 2.76. The summed E-state index contributed by atoms with van der Waals surface area (Å²) in [6.07, 6.45) is 8.07. The van der Waals surface area contributed by atoms with E-state index in [-0.39, 0.29) is 30.4 Å². The molecule has 7 nitrogen and oxygen atoms in total. The SMILES string of the molecule is CCC(=O)N(CC12CC3CC(CC(C3)C1)C2)[C@@H]1C=C(C(=O)NCCO)[C@@H]2c3ccccc3O[C@@H]2[C@H]1O. The third kappa shape index (κ3) is 3.95. The standard InChI is InChI=1S/C29H38N2O5/c1-2-24(33)31(16-29-13-17-9-18(14-29)11-19(10-17)15-29)22-12-21(28(35)30-7-8-32)25-20-5-3-4-6-23(20)36-27(25)26(22)34/h3-6,12,17-19,22,25-27,32,34H,2,7-11,13-16H2,1H3,(H,30,35)/t17?,18?,19?,22-,25+,26+,27+,29?/m1/s1. The van der Waals surface area contributed by atoms with Crippen molar-refractivity contribution in [2.75, 3.05) is 19.7 Å². The molecule has 0 spiro atoms. The summed E-state index contributed by atoms with van der Waals surface area (Å²) in [7, 11) is 0. The van der Waals surface area contributed by atoms with Crippen LogP contribution in [-0.2, 0) is 9.59 Å². The Balaban J connectivity index is 1.36. The number of para-hydroxylation sites is 1. The second-order valence-electron chi connectivity index (χ2n) is 12.0. The zero-order valence-electron chi connectivity index (χ0n) is 21.1. The van der Waals surface area contributed by atoms with E-state index in [0.29, 0.717) is 24.3 Å². The first-order valence-corrected chi connectivity index (χ1v) is 13.7. The number of carbonyl (C=O) groups is 2. The van der Waals surface area contributed by atoms with Gasteiger partial charge in [-0.2, -0.15) is 0 Å². The second kappa shape index (κ2) is 9.18. The normalized spacial score (nSPS) is 37.5. The molecule has 7 heteroatoms. The van der Waals surface area contributed by atoms with Gasteiger partial charge in [-0.25, -0.2) is 0 Å². The molecule has 0 aromatic heterocycles. The van der Waals surface area contributed by atoms with Crippen molar-refractivity contribution in [2.24, 2.45) is 23.2 Å². The van der Waals surface area contributed by atoms with E-state index in [0.717, 1.165) is 42.6 Å². The third-order valence-electron chi connectivity index (χ3n) is 9.53. The van der Waals surface area contributed by atoms with Crippen LogP contribution < -0.4 is 10.1 Å². The van der Waals surface area contributed by atoms with Crippen LogP contribution in [0.1, 0.15) is 63.4 Å². The average molecular weight is 495 g/mol. The van der Waals surface area contributed by atoms with Gasteiger partial charge < -0.3 is 25.2 Å². The highest BCUT2D eigenvalue weighted by Crippen LogP contribution is 2.60. The van der Waals surface area contributed by atoms with Crippen LogP contribution >= 0.6 is 0 Å². The number of benzene rings is 1. The highest BCUT2D eigenvalue weighted by molar-refractivity contribution is 5.96. The highest BCUT2D eigenvalue weighted by Gasteiger charge is 2.54. The predicted molar refractivity (Wildman–Crippen MR) is 134 cm³/mol. The lowest BCUT2D eigenvalue weighted by Crippen LogP contribution is -2.59. The summed E-state index contributed by atoms with van der Waals surface area (Å²) in [6.45, 7) is 2.50. The maximum absolute atomic E-state index is 13.5. The fourth-order valence-corrected chi connectivity index (χ4v) is 8.60. The number of carbonyl (C=O) groups excluding carboxylic acids is 2. The number of ether oxygens (including phenoxy) is 1. The number of aliphatic hydroxyl groups excluding tert-OH is 2. The summed E-state index contributed by atoms with van der Waals surface area (Å²) < 4.78 is 6.24.